The average Bonchev–Trinajstić information content (AvgIpc) is 2.39. The van der Waals surface area contributed by atoms with Crippen LogP contribution in [0, 0.1) is 5.41 Å². The number of unbranched alkanes of at least 4 members (excludes halogenated alkanes) is 1. The molecule has 0 saturated heterocycles. The van der Waals surface area contributed by atoms with Gasteiger partial charge in [-0.3, -0.25) is 0 Å². The second-order valence-corrected chi connectivity index (χ2v) is 5.48. The predicted octanol–water partition coefficient (Wildman–Crippen LogP) is 5.15. The van der Waals surface area contributed by atoms with E-state index in [1.807, 2.05) is 0 Å². The summed E-state index contributed by atoms with van der Waals surface area (Å²) >= 11 is 0. The average molecular weight is 228 g/mol. The van der Waals surface area contributed by atoms with Gasteiger partial charge in [0, 0.05) is 0 Å². The minimum atomic E-state index is 0.548. The van der Waals surface area contributed by atoms with Gasteiger partial charge in [0.1, 0.15) is 0 Å². The molecule has 0 saturated carbocycles. The van der Waals surface area contributed by atoms with E-state index in [1.54, 1.807) is 0 Å². The fourth-order valence-electron chi connectivity index (χ4n) is 3.00. The molecule has 1 aromatic carbocycles. The van der Waals surface area contributed by atoms with Gasteiger partial charge in [-0.25, -0.2) is 0 Å². The van der Waals surface area contributed by atoms with E-state index in [0.29, 0.717) is 5.41 Å². The van der Waals surface area contributed by atoms with Gasteiger partial charge in [-0.05, 0) is 43.1 Å². The molecule has 0 nitrogen and oxygen atoms in total. The highest BCUT2D eigenvalue weighted by Crippen LogP contribution is 2.40. The van der Waals surface area contributed by atoms with Crippen LogP contribution in [0.5, 0.6) is 0 Å². The lowest BCUT2D eigenvalue weighted by molar-refractivity contribution is 0.226. The second kappa shape index (κ2) is 6.05. The Morgan fingerprint density at radius 1 is 1.12 bits per heavy atom. The largest absolute Gasteiger partial charge is 0.0885 e. The zero-order valence-electron chi connectivity index (χ0n) is 11.0. The van der Waals surface area contributed by atoms with Crippen LogP contribution in [0.4, 0.5) is 0 Å². The summed E-state index contributed by atoms with van der Waals surface area (Å²) in [5.74, 6) is 0. The number of hydrogen-bond donors (Lipinski definition) is 0. The fraction of sp³-hybridized carbons (Fsp3) is 0.529. The Balaban J connectivity index is 2.07. The minimum absolute atomic E-state index is 0.548. The van der Waals surface area contributed by atoms with Crippen molar-refractivity contribution in [2.45, 2.75) is 51.9 Å². The van der Waals surface area contributed by atoms with Crippen molar-refractivity contribution in [3.05, 3.63) is 48.0 Å². The van der Waals surface area contributed by atoms with Crippen molar-refractivity contribution >= 4 is 0 Å². The maximum absolute atomic E-state index is 2.40. The smallest absolute Gasteiger partial charge is 0.0219 e. The Hall–Kier alpha value is -1.04. The molecular formula is C17H24. The molecule has 1 aliphatic rings. The summed E-state index contributed by atoms with van der Waals surface area (Å²) in [6.45, 7) is 2.30. The molecule has 1 aliphatic carbocycles. The van der Waals surface area contributed by atoms with Gasteiger partial charge >= 0.3 is 0 Å². The first-order chi connectivity index (χ1) is 8.35. The third-order valence-electron chi connectivity index (χ3n) is 4.04. The molecule has 1 unspecified atom stereocenters. The highest BCUT2D eigenvalue weighted by atomic mass is 14.3. The molecule has 0 fully saturated rings. The monoisotopic (exact) mass is 228 g/mol. The Kier molecular flexibility index (Phi) is 4.42. The van der Waals surface area contributed by atoms with E-state index in [4.69, 9.17) is 0 Å². The van der Waals surface area contributed by atoms with Crippen molar-refractivity contribution in [3.8, 4) is 0 Å². The van der Waals surface area contributed by atoms with E-state index in [2.05, 4.69) is 49.4 Å². The molecule has 17 heavy (non-hydrogen) atoms. The first-order valence-electron chi connectivity index (χ1n) is 7.04. The fourth-order valence-corrected chi connectivity index (χ4v) is 3.00. The molecule has 0 aromatic heterocycles. The van der Waals surface area contributed by atoms with E-state index in [1.165, 1.54) is 50.5 Å². The number of benzene rings is 1. The van der Waals surface area contributed by atoms with Crippen molar-refractivity contribution < 1.29 is 0 Å². The predicted molar refractivity (Wildman–Crippen MR) is 75.1 cm³/mol. The molecule has 0 N–H and O–H groups in total. The Morgan fingerprint density at radius 2 is 1.94 bits per heavy atom. The molecule has 1 atom stereocenters. The summed E-state index contributed by atoms with van der Waals surface area (Å²) in [4.78, 5) is 0. The molecule has 92 valence electrons. The molecule has 0 heterocycles. The number of rotatable bonds is 5. The van der Waals surface area contributed by atoms with Crippen LogP contribution in [0.2, 0.25) is 0 Å². The molecule has 0 heteroatoms. The highest BCUT2D eigenvalue weighted by molar-refractivity contribution is 5.17. The lowest BCUT2D eigenvalue weighted by atomic mass is 9.70. The van der Waals surface area contributed by atoms with E-state index in [-0.39, 0.29) is 0 Å². The topological polar surface area (TPSA) is 0 Å². The SMILES string of the molecule is CCCCC1(Cc2ccccc2)CC=CCC1. The van der Waals surface area contributed by atoms with Crippen LogP contribution in [0.3, 0.4) is 0 Å². The van der Waals surface area contributed by atoms with Crippen molar-refractivity contribution in [2.24, 2.45) is 5.41 Å². The van der Waals surface area contributed by atoms with Gasteiger partial charge in [-0.2, -0.15) is 0 Å². The van der Waals surface area contributed by atoms with E-state index < -0.39 is 0 Å². The van der Waals surface area contributed by atoms with Crippen molar-refractivity contribution in [1.29, 1.82) is 0 Å². The molecule has 2 rings (SSSR count). The van der Waals surface area contributed by atoms with Crippen LogP contribution < -0.4 is 0 Å². The molecule has 0 radical (unpaired) electrons. The first-order valence-corrected chi connectivity index (χ1v) is 7.04. The normalized spacial score (nSPS) is 23.8. The first kappa shape index (κ1) is 12.4. The molecule has 1 aromatic rings. The van der Waals surface area contributed by atoms with Crippen LogP contribution >= 0.6 is 0 Å². The summed E-state index contributed by atoms with van der Waals surface area (Å²) in [5.41, 5.74) is 2.06. The lowest BCUT2D eigenvalue weighted by Crippen LogP contribution is -2.25. The zero-order chi connectivity index (χ0) is 12.0. The zero-order valence-corrected chi connectivity index (χ0v) is 11.0. The van der Waals surface area contributed by atoms with Gasteiger partial charge in [-0.1, -0.05) is 62.2 Å². The number of allylic oxidation sites excluding steroid dienone is 2. The third-order valence-corrected chi connectivity index (χ3v) is 4.04. The third kappa shape index (κ3) is 3.46. The maximum atomic E-state index is 2.40. The second-order valence-electron chi connectivity index (χ2n) is 5.48. The van der Waals surface area contributed by atoms with Crippen molar-refractivity contribution in [3.63, 3.8) is 0 Å². The maximum Gasteiger partial charge on any atom is -0.0219 e. The van der Waals surface area contributed by atoms with Crippen LogP contribution in [-0.4, -0.2) is 0 Å². The van der Waals surface area contributed by atoms with Gasteiger partial charge in [0.05, 0.1) is 0 Å². The summed E-state index contributed by atoms with van der Waals surface area (Å²) < 4.78 is 0. The molecule has 0 bridgehead atoms. The summed E-state index contributed by atoms with van der Waals surface area (Å²) in [5, 5.41) is 0. The summed E-state index contributed by atoms with van der Waals surface area (Å²) in [7, 11) is 0. The Morgan fingerprint density at radius 3 is 2.59 bits per heavy atom. The van der Waals surface area contributed by atoms with Gasteiger partial charge in [0.2, 0.25) is 0 Å². The summed E-state index contributed by atoms with van der Waals surface area (Å²) in [6.07, 6.45) is 14.0. The number of hydrogen-bond acceptors (Lipinski definition) is 0. The standard InChI is InChI=1S/C17H24/c1-2-3-12-17(13-8-5-9-14-17)15-16-10-6-4-7-11-16/h4-8,10-11H,2-3,9,12-15H2,1H3. The molecule has 0 aliphatic heterocycles. The van der Waals surface area contributed by atoms with E-state index >= 15 is 0 Å². The Bertz CT molecular complexity index is 350. The lowest BCUT2D eigenvalue weighted by Gasteiger charge is -2.35. The van der Waals surface area contributed by atoms with Gasteiger partial charge < -0.3 is 0 Å². The molecule has 0 amide bonds. The minimum Gasteiger partial charge on any atom is -0.0885 e. The van der Waals surface area contributed by atoms with Crippen LogP contribution in [0.15, 0.2) is 42.5 Å². The summed E-state index contributed by atoms with van der Waals surface area (Å²) in [6, 6.07) is 11.0. The quantitative estimate of drug-likeness (QED) is 0.612. The van der Waals surface area contributed by atoms with Crippen molar-refractivity contribution in [2.75, 3.05) is 0 Å². The molecule has 0 spiro atoms. The Labute approximate surface area is 106 Å². The van der Waals surface area contributed by atoms with Crippen molar-refractivity contribution in [1.82, 2.24) is 0 Å². The molecular weight excluding hydrogens is 204 g/mol. The highest BCUT2D eigenvalue weighted by Gasteiger charge is 2.29. The van der Waals surface area contributed by atoms with E-state index in [0.717, 1.165) is 0 Å². The van der Waals surface area contributed by atoms with Gasteiger partial charge in [-0.15, -0.1) is 0 Å². The van der Waals surface area contributed by atoms with Crippen LogP contribution in [0.25, 0.3) is 0 Å². The van der Waals surface area contributed by atoms with Gasteiger partial charge in [0.15, 0.2) is 0 Å². The van der Waals surface area contributed by atoms with E-state index in [9.17, 15) is 0 Å². The van der Waals surface area contributed by atoms with Crippen LogP contribution in [-0.2, 0) is 6.42 Å². The van der Waals surface area contributed by atoms with Gasteiger partial charge in [0.25, 0.3) is 0 Å². The van der Waals surface area contributed by atoms with Crippen LogP contribution in [0.1, 0.15) is 51.0 Å².